The molecule has 22 heavy (non-hydrogen) atoms. The SMILES string of the molecule is CSc1ccccc1NC(=O)c1nnn2cc(C)[nH]c(=O)c12. The van der Waals surface area contributed by atoms with Crippen LogP contribution in [-0.4, -0.2) is 32.0 Å². The van der Waals surface area contributed by atoms with Gasteiger partial charge in [-0.3, -0.25) is 9.59 Å². The molecule has 0 saturated carbocycles. The van der Waals surface area contributed by atoms with Crippen LogP contribution in [0, 0.1) is 6.92 Å². The standard InChI is InChI=1S/C14H13N5O2S/c1-8-7-19-12(14(21)15-8)11(17-18-19)13(20)16-9-5-3-4-6-10(9)22-2/h3-7H,1-2H3,(H,15,21)(H,16,20). The number of rotatable bonds is 3. The maximum absolute atomic E-state index is 12.4. The molecule has 2 N–H and O–H groups in total. The number of benzene rings is 1. The Kier molecular flexibility index (Phi) is 3.68. The van der Waals surface area contributed by atoms with Crippen LogP contribution in [0.4, 0.5) is 5.69 Å². The fourth-order valence-corrected chi connectivity index (χ4v) is 2.69. The van der Waals surface area contributed by atoms with Crippen molar-refractivity contribution in [3.8, 4) is 0 Å². The lowest BCUT2D eigenvalue weighted by Crippen LogP contribution is -2.18. The first-order chi connectivity index (χ1) is 10.6. The Bertz CT molecular complexity index is 915. The van der Waals surface area contributed by atoms with E-state index in [1.165, 1.54) is 16.3 Å². The molecule has 2 heterocycles. The van der Waals surface area contributed by atoms with E-state index in [2.05, 4.69) is 20.6 Å². The second-order valence-electron chi connectivity index (χ2n) is 4.65. The molecule has 8 heteroatoms. The third-order valence-corrected chi connectivity index (χ3v) is 3.90. The van der Waals surface area contributed by atoms with Crippen molar-refractivity contribution in [2.24, 2.45) is 0 Å². The topological polar surface area (TPSA) is 92.2 Å². The zero-order valence-electron chi connectivity index (χ0n) is 12.0. The van der Waals surface area contributed by atoms with E-state index in [0.29, 0.717) is 11.4 Å². The minimum Gasteiger partial charge on any atom is -0.323 e. The number of aryl methyl sites for hydroxylation is 1. The number of anilines is 1. The number of thioether (sulfide) groups is 1. The second kappa shape index (κ2) is 5.64. The number of aromatic nitrogens is 4. The fourth-order valence-electron chi connectivity index (χ4n) is 2.13. The number of aromatic amines is 1. The van der Waals surface area contributed by atoms with E-state index in [4.69, 9.17) is 0 Å². The van der Waals surface area contributed by atoms with E-state index in [0.717, 1.165) is 4.90 Å². The highest BCUT2D eigenvalue weighted by molar-refractivity contribution is 7.98. The molecule has 0 fully saturated rings. The van der Waals surface area contributed by atoms with E-state index in [1.54, 1.807) is 19.2 Å². The molecule has 0 aliphatic carbocycles. The van der Waals surface area contributed by atoms with Gasteiger partial charge in [-0.15, -0.1) is 16.9 Å². The lowest BCUT2D eigenvalue weighted by molar-refractivity contribution is 0.102. The van der Waals surface area contributed by atoms with E-state index < -0.39 is 11.5 Å². The molecule has 0 unspecified atom stereocenters. The molecule has 0 atom stereocenters. The summed E-state index contributed by atoms with van der Waals surface area (Å²) >= 11 is 1.52. The van der Waals surface area contributed by atoms with Crippen molar-refractivity contribution in [3.05, 3.63) is 52.2 Å². The van der Waals surface area contributed by atoms with E-state index in [9.17, 15) is 9.59 Å². The number of nitrogens with one attached hydrogen (secondary N) is 2. The number of H-pyrrole nitrogens is 1. The zero-order chi connectivity index (χ0) is 15.7. The van der Waals surface area contributed by atoms with E-state index in [-0.39, 0.29) is 11.2 Å². The molecule has 2 aromatic heterocycles. The Morgan fingerprint density at radius 1 is 1.36 bits per heavy atom. The normalized spacial score (nSPS) is 10.8. The van der Waals surface area contributed by atoms with Crippen LogP contribution in [0.3, 0.4) is 0 Å². The van der Waals surface area contributed by atoms with Crippen molar-refractivity contribution >= 4 is 28.9 Å². The van der Waals surface area contributed by atoms with Crippen molar-refractivity contribution in [2.75, 3.05) is 11.6 Å². The summed E-state index contributed by atoms with van der Waals surface area (Å²) in [5, 5.41) is 10.4. The molecule has 112 valence electrons. The predicted octanol–water partition coefficient (Wildman–Crippen LogP) is 1.70. The number of para-hydroxylation sites is 1. The number of carbonyl (C=O) groups is 1. The monoisotopic (exact) mass is 315 g/mol. The Labute approximate surface area is 129 Å². The Hall–Kier alpha value is -2.61. The number of amides is 1. The van der Waals surface area contributed by atoms with Crippen LogP contribution in [-0.2, 0) is 0 Å². The van der Waals surface area contributed by atoms with Crippen molar-refractivity contribution in [2.45, 2.75) is 11.8 Å². The van der Waals surface area contributed by atoms with Crippen LogP contribution in [0.2, 0.25) is 0 Å². The van der Waals surface area contributed by atoms with Crippen molar-refractivity contribution in [1.82, 2.24) is 19.8 Å². The maximum Gasteiger partial charge on any atom is 0.278 e. The van der Waals surface area contributed by atoms with Crippen LogP contribution in [0.25, 0.3) is 5.52 Å². The molecular formula is C14H13N5O2S. The molecule has 7 nitrogen and oxygen atoms in total. The zero-order valence-corrected chi connectivity index (χ0v) is 12.8. The van der Waals surface area contributed by atoms with Gasteiger partial charge >= 0.3 is 0 Å². The first-order valence-corrected chi connectivity index (χ1v) is 7.72. The van der Waals surface area contributed by atoms with Crippen molar-refractivity contribution in [1.29, 1.82) is 0 Å². The number of nitrogens with zero attached hydrogens (tertiary/aromatic N) is 3. The minimum absolute atomic E-state index is 0.00263. The van der Waals surface area contributed by atoms with Crippen molar-refractivity contribution < 1.29 is 4.79 Å². The van der Waals surface area contributed by atoms with Gasteiger partial charge in [0.05, 0.1) is 11.9 Å². The second-order valence-corrected chi connectivity index (χ2v) is 5.50. The van der Waals surface area contributed by atoms with Gasteiger partial charge in [0.1, 0.15) is 0 Å². The third-order valence-electron chi connectivity index (χ3n) is 3.11. The fraction of sp³-hybridized carbons (Fsp3) is 0.143. The molecule has 0 bridgehead atoms. The van der Waals surface area contributed by atoms with Gasteiger partial charge in [-0.2, -0.15) is 0 Å². The smallest absolute Gasteiger partial charge is 0.278 e. The number of hydrogen-bond acceptors (Lipinski definition) is 5. The highest BCUT2D eigenvalue weighted by Crippen LogP contribution is 2.25. The average molecular weight is 315 g/mol. The molecule has 1 amide bonds. The summed E-state index contributed by atoms with van der Waals surface area (Å²) in [6.07, 6.45) is 3.53. The Morgan fingerprint density at radius 2 is 2.14 bits per heavy atom. The predicted molar refractivity (Wildman–Crippen MR) is 84.5 cm³/mol. The first-order valence-electron chi connectivity index (χ1n) is 6.49. The van der Waals surface area contributed by atoms with Gasteiger partial charge in [0.25, 0.3) is 11.5 Å². The lowest BCUT2D eigenvalue weighted by atomic mass is 10.3. The minimum atomic E-state index is -0.467. The molecule has 3 aromatic rings. The van der Waals surface area contributed by atoms with Gasteiger partial charge in [-0.05, 0) is 25.3 Å². The van der Waals surface area contributed by atoms with Crippen LogP contribution in [0.15, 0.2) is 40.2 Å². The summed E-state index contributed by atoms with van der Waals surface area (Å²) in [4.78, 5) is 28.0. The quantitative estimate of drug-likeness (QED) is 0.718. The summed E-state index contributed by atoms with van der Waals surface area (Å²) in [6, 6.07) is 7.42. The van der Waals surface area contributed by atoms with Crippen LogP contribution >= 0.6 is 11.8 Å². The summed E-state index contributed by atoms with van der Waals surface area (Å²) in [5.74, 6) is -0.467. The molecule has 0 spiro atoms. The molecule has 3 rings (SSSR count). The summed E-state index contributed by atoms with van der Waals surface area (Å²) in [5.41, 5.74) is 1.04. The largest absolute Gasteiger partial charge is 0.323 e. The number of fused-ring (bicyclic) bond motifs is 1. The first kappa shape index (κ1) is 14.3. The lowest BCUT2D eigenvalue weighted by Gasteiger charge is -2.07. The highest BCUT2D eigenvalue weighted by Gasteiger charge is 2.19. The van der Waals surface area contributed by atoms with Crippen LogP contribution in [0.5, 0.6) is 0 Å². The van der Waals surface area contributed by atoms with Gasteiger partial charge in [0, 0.05) is 10.6 Å². The summed E-state index contributed by atoms with van der Waals surface area (Å²) in [7, 11) is 0. The van der Waals surface area contributed by atoms with Gasteiger partial charge < -0.3 is 10.3 Å². The molecular weight excluding hydrogens is 302 g/mol. The number of carbonyl (C=O) groups excluding carboxylic acids is 1. The average Bonchev–Trinajstić information content (AvgIpc) is 2.92. The molecule has 0 saturated heterocycles. The summed E-state index contributed by atoms with van der Waals surface area (Å²) in [6.45, 7) is 1.73. The maximum atomic E-state index is 12.4. The molecule has 0 radical (unpaired) electrons. The summed E-state index contributed by atoms with van der Waals surface area (Å²) < 4.78 is 1.31. The van der Waals surface area contributed by atoms with Crippen LogP contribution in [0.1, 0.15) is 16.2 Å². The van der Waals surface area contributed by atoms with Gasteiger partial charge in [-0.1, -0.05) is 17.3 Å². The number of hydrogen-bond donors (Lipinski definition) is 2. The van der Waals surface area contributed by atoms with E-state index in [1.807, 2.05) is 24.5 Å². The molecule has 1 aromatic carbocycles. The highest BCUT2D eigenvalue weighted by atomic mass is 32.2. The van der Waals surface area contributed by atoms with Gasteiger partial charge in [0.2, 0.25) is 0 Å². The van der Waals surface area contributed by atoms with Crippen LogP contribution < -0.4 is 10.9 Å². The Morgan fingerprint density at radius 3 is 2.91 bits per heavy atom. The van der Waals surface area contributed by atoms with Gasteiger partial charge in [0.15, 0.2) is 11.2 Å². The van der Waals surface area contributed by atoms with Gasteiger partial charge in [-0.25, -0.2) is 4.52 Å². The molecule has 0 aliphatic rings. The third kappa shape index (κ3) is 2.48. The molecule has 0 aliphatic heterocycles. The van der Waals surface area contributed by atoms with E-state index >= 15 is 0 Å². The Balaban J connectivity index is 2.01. The van der Waals surface area contributed by atoms with Crippen molar-refractivity contribution in [3.63, 3.8) is 0 Å².